The molecule has 0 saturated carbocycles. The van der Waals surface area contributed by atoms with Crippen LogP contribution in [0.1, 0.15) is 34.6 Å². The van der Waals surface area contributed by atoms with Crippen LogP contribution in [0.2, 0.25) is 0 Å². The molecule has 0 aliphatic carbocycles. The molecule has 7 nitrogen and oxygen atoms in total. The van der Waals surface area contributed by atoms with Gasteiger partial charge in [0.25, 0.3) is 0 Å². The van der Waals surface area contributed by atoms with Crippen LogP contribution in [0.4, 0.5) is 0 Å². The minimum atomic E-state index is -1.00. The van der Waals surface area contributed by atoms with Crippen LogP contribution in [0.25, 0.3) is 0 Å². The molecule has 0 spiro atoms. The lowest BCUT2D eigenvalue weighted by Gasteiger charge is -2.42. The highest BCUT2D eigenvalue weighted by Crippen LogP contribution is 2.33. The zero-order chi connectivity index (χ0) is 16.2. The lowest BCUT2D eigenvalue weighted by molar-refractivity contribution is -0.271. The van der Waals surface area contributed by atoms with Crippen LogP contribution in [0, 0.1) is 11.8 Å². The molecule has 0 aromatic heterocycles. The van der Waals surface area contributed by atoms with Gasteiger partial charge in [0.2, 0.25) is 6.29 Å². The van der Waals surface area contributed by atoms with Gasteiger partial charge in [-0.05, 0) is 5.92 Å². The van der Waals surface area contributed by atoms with E-state index in [1.807, 2.05) is 13.8 Å². The van der Waals surface area contributed by atoms with Gasteiger partial charge in [-0.15, -0.1) is 0 Å². The molecule has 120 valence electrons. The van der Waals surface area contributed by atoms with E-state index in [1.165, 1.54) is 20.8 Å². The second-order valence-corrected chi connectivity index (χ2v) is 5.25. The minimum Gasteiger partial charge on any atom is -0.463 e. The van der Waals surface area contributed by atoms with Crippen molar-refractivity contribution in [2.24, 2.45) is 11.8 Å². The fraction of sp³-hybridized carbons (Fsp3) is 0.786. The van der Waals surface area contributed by atoms with Crippen LogP contribution in [0.3, 0.4) is 0 Å². The normalized spacial score (nSPS) is 32.1. The average Bonchev–Trinajstić information content (AvgIpc) is 2.35. The highest BCUT2D eigenvalue weighted by molar-refractivity contribution is 5.67. The molecule has 1 aliphatic heterocycles. The molecule has 0 aromatic carbocycles. The summed E-state index contributed by atoms with van der Waals surface area (Å²) in [7, 11) is 0. The second-order valence-electron chi connectivity index (χ2n) is 5.25. The Morgan fingerprint density at radius 3 is 1.95 bits per heavy atom. The smallest absolute Gasteiger partial charge is 0.305 e. The van der Waals surface area contributed by atoms with E-state index in [-0.39, 0.29) is 18.4 Å². The first kappa shape index (κ1) is 17.4. The van der Waals surface area contributed by atoms with Crippen molar-refractivity contribution in [2.75, 3.05) is 6.61 Å². The maximum atomic E-state index is 11.2. The van der Waals surface area contributed by atoms with Gasteiger partial charge in [-0.2, -0.15) is 0 Å². The molecule has 5 atom stereocenters. The summed E-state index contributed by atoms with van der Waals surface area (Å²) < 4.78 is 20.9. The minimum absolute atomic E-state index is 0.0412. The molecule has 1 heterocycles. The zero-order valence-corrected chi connectivity index (χ0v) is 13.0. The van der Waals surface area contributed by atoms with Gasteiger partial charge < -0.3 is 18.9 Å². The number of esters is 3. The fourth-order valence-electron chi connectivity index (χ4n) is 2.26. The van der Waals surface area contributed by atoms with Gasteiger partial charge in [0.1, 0.15) is 6.61 Å². The predicted molar refractivity (Wildman–Crippen MR) is 70.9 cm³/mol. The third-order valence-electron chi connectivity index (χ3n) is 3.55. The van der Waals surface area contributed by atoms with Crippen LogP contribution < -0.4 is 0 Å². The Balaban J connectivity index is 2.84. The number of hydrogen-bond acceptors (Lipinski definition) is 7. The molecule has 0 N–H and O–H groups in total. The van der Waals surface area contributed by atoms with Gasteiger partial charge >= 0.3 is 17.9 Å². The van der Waals surface area contributed by atoms with Gasteiger partial charge in [0.15, 0.2) is 6.10 Å². The average molecular weight is 302 g/mol. The van der Waals surface area contributed by atoms with Crippen molar-refractivity contribution in [3.05, 3.63) is 0 Å². The van der Waals surface area contributed by atoms with Crippen molar-refractivity contribution in [2.45, 2.75) is 53.1 Å². The summed E-state index contributed by atoms with van der Waals surface area (Å²) in [5.41, 5.74) is 0. The van der Waals surface area contributed by atoms with E-state index in [0.29, 0.717) is 0 Å². The summed E-state index contributed by atoms with van der Waals surface area (Å²) in [4.78, 5) is 33.3. The van der Waals surface area contributed by atoms with Crippen molar-refractivity contribution in [1.29, 1.82) is 0 Å². The number of rotatable bonds is 4. The standard InChI is InChI=1S/C14H22O7/c1-7-8(2)13(19-10(4)16)14(20-11(5)17)21-12(7)6-18-9(3)15/h7-8,12-14H,6H2,1-5H3/t7-,8-,12?,13?,14+/m0/s1. The quantitative estimate of drug-likeness (QED) is 0.566. The Kier molecular flexibility index (Phi) is 6.14. The SMILES string of the molecule is CC(=O)OCC1O[C@@H](OC(C)=O)C(OC(C)=O)[C@@H](C)[C@@H]1C. The van der Waals surface area contributed by atoms with E-state index in [9.17, 15) is 14.4 Å². The summed E-state index contributed by atoms with van der Waals surface area (Å²) in [5, 5.41) is 0. The fourth-order valence-corrected chi connectivity index (χ4v) is 2.26. The Bertz CT molecular complexity index is 404. The molecule has 21 heavy (non-hydrogen) atoms. The summed E-state index contributed by atoms with van der Waals surface area (Å²) in [6, 6.07) is 0. The molecule has 2 unspecified atom stereocenters. The summed E-state index contributed by atoms with van der Waals surface area (Å²) >= 11 is 0. The molecule has 0 bridgehead atoms. The molecule has 0 aromatic rings. The van der Waals surface area contributed by atoms with E-state index in [1.54, 1.807) is 0 Å². The monoisotopic (exact) mass is 302 g/mol. The molecule has 0 radical (unpaired) electrons. The van der Waals surface area contributed by atoms with E-state index in [0.717, 1.165) is 0 Å². The first-order valence-electron chi connectivity index (χ1n) is 6.85. The molecule has 1 fully saturated rings. The van der Waals surface area contributed by atoms with E-state index in [4.69, 9.17) is 18.9 Å². The summed E-state index contributed by atoms with van der Waals surface area (Å²) in [6.07, 6.45) is -2.12. The van der Waals surface area contributed by atoms with Crippen LogP contribution in [-0.4, -0.2) is 43.0 Å². The highest BCUT2D eigenvalue weighted by atomic mass is 16.7. The van der Waals surface area contributed by atoms with E-state index < -0.39 is 36.4 Å². The highest BCUT2D eigenvalue weighted by Gasteiger charge is 2.45. The third-order valence-corrected chi connectivity index (χ3v) is 3.55. The van der Waals surface area contributed by atoms with Crippen LogP contribution in [0.15, 0.2) is 0 Å². The van der Waals surface area contributed by atoms with Crippen molar-refractivity contribution in [3.8, 4) is 0 Å². The van der Waals surface area contributed by atoms with Crippen molar-refractivity contribution in [1.82, 2.24) is 0 Å². The Morgan fingerprint density at radius 2 is 1.48 bits per heavy atom. The molecule has 0 amide bonds. The Labute approximate surface area is 123 Å². The van der Waals surface area contributed by atoms with Crippen LogP contribution >= 0.6 is 0 Å². The number of carbonyl (C=O) groups is 3. The number of hydrogen-bond donors (Lipinski definition) is 0. The Morgan fingerprint density at radius 1 is 0.905 bits per heavy atom. The molecular formula is C14H22O7. The third kappa shape index (κ3) is 5.00. The van der Waals surface area contributed by atoms with Gasteiger partial charge in [-0.25, -0.2) is 0 Å². The number of ether oxygens (including phenoxy) is 4. The first-order chi connectivity index (χ1) is 9.72. The van der Waals surface area contributed by atoms with Gasteiger partial charge in [-0.3, -0.25) is 14.4 Å². The zero-order valence-electron chi connectivity index (χ0n) is 13.0. The van der Waals surface area contributed by atoms with E-state index >= 15 is 0 Å². The van der Waals surface area contributed by atoms with Gasteiger partial charge in [0.05, 0.1) is 6.10 Å². The van der Waals surface area contributed by atoms with Crippen molar-refractivity contribution < 1.29 is 33.3 Å². The Hall–Kier alpha value is -1.63. The van der Waals surface area contributed by atoms with Gasteiger partial charge in [-0.1, -0.05) is 13.8 Å². The lowest BCUT2D eigenvalue weighted by atomic mass is 9.83. The van der Waals surface area contributed by atoms with Crippen molar-refractivity contribution in [3.63, 3.8) is 0 Å². The molecule has 7 heteroatoms. The van der Waals surface area contributed by atoms with Crippen LogP contribution in [0.5, 0.6) is 0 Å². The maximum absolute atomic E-state index is 11.2. The molecule has 1 rings (SSSR count). The summed E-state index contributed by atoms with van der Waals surface area (Å²) in [6.45, 7) is 7.68. The molecular weight excluding hydrogens is 280 g/mol. The van der Waals surface area contributed by atoms with Crippen molar-refractivity contribution >= 4 is 17.9 Å². The second kappa shape index (κ2) is 7.40. The first-order valence-corrected chi connectivity index (χ1v) is 6.85. The molecule has 1 aliphatic rings. The summed E-state index contributed by atoms with van der Waals surface area (Å²) in [5.74, 6) is -1.58. The maximum Gasteiger partial charge on any atom is 0.305 e. The van der Waals surface area contributed by atoms with Crippen LogP contribution in [-0.2, 0) is 33.3 Å². The van der Waals surface area contributed by atoms with Gasteiger partial charge in [0, 0.05) is 26.7 Å². The largest absolute Gasteiger partial charge is 0.463 e. The predicted octanol–water partition coefficient (Wildman–Crippen LogP) is 1.04. The topological polar surface area (TPSA) is 88.1 Å². The molecule has 1 saturated heterocycles. The van der Waals surface area contributed by atoms with E-state index in [2.05, 4.69) is 0 Å². The lowest BCUT2D eigenvalue weighted by Crippen LogP contribution is -2.53. The number of carbonyl (C=O) groups excluding carboxylic acids is 3.